The number of nitriles is 1. The Kier molecular flexibility index (Phi) is 3.17. The minimum absolute atomic E-state index is 0.225. The summed E-state index contributed by atoms with van der Waals surface area (Å²) in [4.78, 5) is 12.3. The second-order valence-corrected chi connectivity index (χ2v) is 4.48. The van der Waals surface area contributed by atoms with Crippen molar-refractivity contribution < 1.29 is 18.0 Å². The highest BCUT2D eigenvalue weighted by Gasteiger charge is 2.51. The van der Waals surface area contributed by atoms with Gasteiger partial charge in [-0.1, -0.05) is 6.92 Å². The molecule has 1 aliphatic rings. The van der Waals surface area contributed by atoms with Crippen LogP contribution in [0.1, 0.15) is 19.8 Å². The summed E-state index contributed by atoms with van der Waals surface area (Å²) in [6.45, 7) is 0.566. The van der Waals surface area contributed by atoms with Gasteiger partial charge in [-0.2, -0.15) is 18.4 Å². The van der Waals surface area contributed by atoms with Crippen molar-refractivity contribution in [1.29, 1.82) is 5.26 Å². The van der Waals surface area contributed by atoms with Gasteiger partial charge < -0.3 is 4.90 Å². The molecule has 1 fully saturated rings. The van der Waals surface area contributed by atoms with Crippen LogP contribution < -0.4 is 0 Å². The summed E-state index contributed by atoms with van der Waals surface area (Å²) < 4.78 is 36.2. The number of hydrogen-bond donors (Lipinski definition) is 0. The highest BCUT2D eigenvalue weighted by atomic mass is 19.4. The van der Waals surface area contributed by atoms with Crippen molar-refractivity contribution in [3.8, 4) is 6.07 Å². The molecule has 1 amide bonds. The van der Waals surface area contributed by atoms with Crippen molar-refractivity contribution in [2.45, 2.75) is 25.9 Å². The molecule has 0 N–H and O–H groups in total. The third-order valence-electron chi connectivity index (χ3n) is 2.78. The number of amides is 1. The van der Waals surface area contributed by atoms with Gasteiger partial charge in [-0.15, -0.1) is 0 Å². The molecule has 0 bridgehead atoms. The molecule has 0 heterocycles. The average Bonchev–Trinajstić information content (AvgIpc) is 2.08. The van der Waals surface area contributed by atoms with Gasteiger partial charge >= 0.3 is 6.18 Å². The molecule has 0 radical (unpaired) electrons. The summed E-state index contributed by atoms with van der Waals surface area (Å²) in [6, 6.07) is 1.85. The lowest BCUT2D eigenvalue weighted by atomic mass is 9.63. The number of rotatable bonds is 2. The van der Waals surface area contributed by atoms with Crippen molar-refractivity contribution in [2.75, 3.05) is 13.6 Å². The first-order valence-corrected chi connectivity index (χ1v) is 4.94. The molecule has 0 aromatic rings. The molecule has 0 spiro atoms. The van der Waals surface area contributed by atoms with Gasteiger partial charge in [0.15, 0.2) is 0 Å². The predicted molar refractivity (Wildman–Crippen MR) is 50.1 cm³/mol. The van der Waals surface area contributed by atoms with Gasteiger partial charge in [-0.25, -0.2) is 0 Å². The highest BCUT2D eigenvalue weighted by molar-refractivity contribution is 5.86. The van der Waals surface area contributed by atoms with Crippen LogP contribution in [-0.2, 0) is 4.79 Å². The molecule has 90 valence electrons. The van der Waals surface area contributed by atoms with E-state index in [1.807, 2.05) is 13.0 Å². The third-order valence-corrected chi connectivity index (χ3v) is 2.78. The zero-order chi connectivity index (χ0) is 12.6. The van der Waals surface area contributed by atoms with Crippen molar-refractivity contribution in [2.24, 2.45) is 11.3 Å². The number of carbonyl (C=O) groups excluding carboxylic acids is 1. The molecule has 1 aliphatic carbocycles. The Bertz CT molecular complexity index is 326. The number of alkyl halides is 3. The fourth-order valence-corrected chi connectivity index (χ4v) is 2.15. The van der Waals surface area contributed by atoms with E-state index in [0.717, 1.165) is 7.05 Å². The van der Waals surface area contributed by atoms with E-state index in [9.17, 15) is 18.0 Å². The smallest absolute Gasteiger partial charge is 0.335 e. The second-order valence-electron chi connectivity index (χ2n) is 4.48. The second kappa shape index (κ2) is 3.96. The molecule has 0 unspecified atom stereocenters. The Hall–Kier alpha value is -1.25. The van der Waals surface area contributed by atoms with E-state index in [0.29, 0.717) is 17.7 Å². The van der Waals surface area contributed by atoms with Crippen LogP contribution in [0.2, 0.25) is 0 Å². The first kappa shape index (κ1) is 12.8. The molecule has 0 atom stereocenters. The maximum Gasteiger partial charge on any atom is 0.406 e. The lowest BCUT2D eigenvalue weighted by Crippen LogP contribution is -2.50. The van der Waals surface area contributed by atoms with Crippen molar-refractivity contribution in [1.82, 2.24) is 4.90 Å². The molecule has 0 aromatic heterocycles. The Morgan fingerprint density at radius 1 is 1.56 bits per heavy atom. The highest BCUT2D eigenvalue weighted by Crippen LogP contribution is 2.46. The largest absolute Gasteiger partial charge is 0.406 e. The molecule has 0 saturated heterocycles. The van der Waals surface area contributed by atoms with Crippen LogP contribution in [0.4, 0.5) is 13.2 Å². The third kappa shape index (κ3) is 2.46. The number of carbonyl (C=O) groups is 1. The topological polar surface area (TPSA) is 44.1 Å². The fourth-order valence-electron chi connectivity index (χ4n) is 2.15. The van der Waals surface area contributed by atoms with Gasteiger partial charge in [-0.3, -0.25) is 4.79 Å². The standard InChI is InChI=1S/C10H13F3N2O/c1-7-3-9(4-7,5-14)8(16)15(2)6-10(11,12)13/h7H,3-4,6H2,1-2H3. The molecule has 16 heavy (non-hydrogen) atoms. The van der Waals surface area contributed by atoms with Crippen LogP contribution in [0.15, 0.2) is 0 Å². The van der Waals surface area contributed by atoms with E-state index >= 15 is 0 Å². The first-order chi connectivity index (χ1) is 7.20. The Morgan fingerprint density at radius 2 is 2.06 bits per heavy atom. The molecular weight excluding hydrogens is 221 g/mol. The SMILES string of the molecule is CC1CC(C#N)(C(=O)N(C)CC(F)(F)F)C1. The first-order valence-electron chi connectivity index (χ1n) is 4.94. The summed E-state index contributed by atoms with van der Waals surface area (Å²) in [7, 11) is 1.08. The van der Waals surface area contributed by atoms with Crippen molar-refractivity contribution in [3.63, 3.8) is 0 Å². The molecule has 0 aromatic carbocycles. The summed E-state index contributed by atoms with van der Waals surface area (Å²) in [5, 5.41) is 8.89. The lowest BCUT2D eigenvalue weighted by Gasteiger charge is -2.41. The van der Waals surface area contributed by atoms with Crippen LogP contribution in [0.3, 0.4) is 0 Å². The number of hydrogen-bond acceptors (Lipinski definition) is 2. The quantitative estimate of drug-likeness (QED) is 0.733. The van der Waals surface area contributed by atoms with E-state index in [-0.39, 0.29) is 5.92 Å². The summed E-state index contributed by atoms with van der Waals surface area (Å²) in [5.41, 5.74) is -1.22. The van der Waals surface area contributed by atoms with Crippen molar-refractivity contribution >= 4 is 5.91 Å². The number of halogens is 3. The molecule has 3 nitrogen and oxygen atoms in total. The molecular formula is C10H13F3N2O. The average molecular weight is 234 g/mol. The van der Waals surface area contributed by atoms with Gasteiger partial charge in [0.25, 0.3) is 0 Å². The lowest BCUT2D eigenvalue weighted by molar-refractivity contribution is -0.166. The van der Waals surface area contributed by atoms with Crippen LogP contribution in [0, 0.1) is 22.7 Å². The van der Waals surface area contributed by atoms with E-state index in [2.05, 4.69) is 0 Å². The summed E-state index contributed by atoms with van der Waals surface area (Å²) >= 11 is 0. The van der Waals surface area contributed by atoms with Crippen molar-refractivity contribution in [3.05, 3.63) is 0 Å². The van der Waals surface area contributed by atoms with Gasteiger partial charge in [0, 0.05) is 7.05 Å². The molecule has 0 aliphatic heterocycles. The zero-order valence-electron chi connectivity index (χ0n) is 9.14. The Balaban J connectivity index is 2.68. The maximum atomic E-state index is 12.1. The van der Waals surface area contributed by atoms with Crippen LogP contribution >= 0.6 is 0 Å². The number of nitrogens with zero attached hydrogens (tertiary/aromatic N) is 2. The minimum Gasteiger partial charge on any atom is -0.335 e. The molecule has 1 rings (SSSR count). The maximum absolute atomic E-state index is 12.1. The van der Waals surface area contributed by atoms with E-state index in [1.54, 1.807) is 0 Å². The van der Waals surface area contributed by atoms with Gasteiger partial charge in [0.2, 0.25) is 5.91 Å². The normalized spacial score (nSPS) is 29.1. The van der Waals surface area contributed by atoms with Gasteiger partial charge in [0.05, 0.1) is 6.07 Å². The molecule has 6 heteroatoms. The minimum atomic E-state index is -4.42. The summed E-state index contributed by atoms with van der Waals surface area (Å²) in [5.74, 6) is -0.492. The summed E-state index contributed by atoms with van der Waals surface area (Å²) in [6.07, 6.45) is -3.72. The van der Waals surface area contributed by atoms with Crippen LogP contribution in [0.25, 0.3) is 0 Å². The van der Waals surface area contributed by atoms with E-state index < -0.39 is 24.0 Å². The van der Waals surface area contributed by atoms with Crippen LogP contribution in [0.5, 0.6) is 0 Å². The fraction of sp³-hybridized carbons (Fsp3) is 0.800. The van der Waals surface area contributed by atoms with E-state index in [4.69, 9.17) is 5.26 Å². The monoisotopic (exact) mass is 234 g/mol. The van der Waals surface area contributed by atoms with Gasteiger partial charge in [-0.05, 0) is 18.8 Å². The van der Waals surface area contributed by atoms with E-state index in [1.165, 1.54) is 0 Å². The Labute approximate surface area is 91.8 Å². The zero-order valence-corrected chi connectivity index (χ0v) is 9.14. The predicted octanol–water partition coefficient (Wildman–Crippen LogP) is 1.95. The Morgan fingerprint density at radius 3 is 2.38 bits per heavy atom. The van der Waals surface area contributed by atoms with Crippen LogP contribution in [-0.4, -0.2) is 30.6 Å². The van der Waals surface area contributed by atoms with Gasteiger partial charge in [0.1, 0.15) is 12.0 Å². The molecule has 1 saturated carbocycles.